The van der Waals surface area contributed by atoms with Gasteiger partial charge in [-0.05, 0) is 55.4 Å². The van der Waals surface area contributed by atoms with Crippen LogP contribution in [0.1, 0.15) is 23.4 Å². The van der Waals surface area contributed by atoms with Gasteiger partial charge in [0.15, 0.2) is 11.5 Å². The normalized spacial score (nSPS) is 14.6. The van der Waals surface area contributed by atoms with E-state index in [0.29, 0.717) is 29.4 Å². The third-order valence-electron chi connectivity index (χ3n) is 5.17. The summed E-state index contributed by atoms with van der Waals surface area (Å²) < 4.78 is 17.8. The van der Waals surface area contributed by atoms with E-state index >= 15 is 0 Å². The third-order valence-corrected chi connectivity index (χ3v) is 6.08. The number of aromatic nitrogens is 2. The van der Waals surface area contributed by atoms with Crippen molar-refractivity contribution in [1.29, 1.82) is 0 Å². The molecule has 1 aromatic carbocycles. The molecule has 0 bridgehead atoms. The number of rotatable bonds is 10. The predicted molar refractivity (Wildman–Crippen MR) is 128 cm³/mol. The number of hydrogen-bond acceptors (Lipinski definition) is 8. The Bertz CT molecular complexity index is 1100. The molecule has 1 N–H and O–H groups in total. The first-order valence-corrected chi connectivity index (χ1v) is 11.4. The molecule has 1 saturated heterocycles. The van der Waals surface area contributed by atoms with E-state index in [1.807, 2.05) is 19.9 Å². The molecular weight excluding hydrogens is 460 g/mol. The molecule has 0 unspecified atom stereocenters. The van der Waals surface area contributed by atoms with Crippen molar-refractivity contribution in [3.05, 3.63) is 40.1 Å². The lowest BCUT2D eigenvalue weighted by atomic mass is 10.1. The molecule has 2 heterocycles. The van der Waals surface area contributed by atoms with E-state index in [4.69, 9.17) is 14.2 Å². The number of amides is 3. The van der Waals surface area contributed by atoms with E-state index in [0.717, 1.165) is 28.0 Å². The summed E-state index contributed by atoms with van der Waals surface area (Å²) >= 11 is 0.845. The number of benzene rings is 1. The maximum absolute atomic E-state index is 12.8. The second-order valence-corrected chi connectivity index (χ2v) is 8.54. The van der Waals surface area contributed by atoms with Crippen molar-refractivity contribution in [2.24, 2.45) is 0 Å². The van der Waals surface area contributed by atoms with Gasteiger partial charge in [-0.1, -0.05) is 0 Å². The highest BCUT2D eigenvalue weighted by Gasteiger charge is 2.34. The zero-order chi connectivity index (χ0) is 24.8. The van der Waals surface area contributed by atoms with Crippen molar-refractivity contribution < 1.29 is 28.6 Å². The number of ether oxygens (including phenoxy) is 3. The molecule has 1 aliphatic heterocycles. The quantitative estimate of drug-likeness (QED) is 0.508. The number of thioether (sulfide) groups is 1. The molecule has 10 nitrogen and oxygen atoms in total. The van der Waals surface area contributed by atoms with Gasteiger partial charge in [-0.3, -0.25) is 24.0 Å². The van der Waals surface area contributed by atoms with Crippen LogP contribution in [0.3, 0.4) is 0 Å². The zero-order valence-corrected chi connectivity index (χ0v) is 20.7. The Labute approximate surface area is 202 Å². The molecule has 0 atom stereocenters. The molecule has 34 heavy (non-hydrogen) atoms. The number of carbonyl (C=O) groups is 3. The first-order valence-electron chi connectivity index (χ1n) is 10.6. The SMILES string of the molecule is COc1cc(/C=C2\SC(=O)N(CCNC(=O)CCn3nc(C)cc3C)C2=O)cc(OC)c1OC. The lowest BCUT2D eigenvalue weighted by Gasteiger charge is -2.14. The average molecular weight is 489 g/mol. The second-order valence-electron chi connectivity index (χ2n) is 7.54. The molecular formula is C23H28N4O6S. The monoisotopic (exact) mass is 488 g/mol. The lowest BCUT2D eigenvalue weighted by molar-refractivity contribution is -0.124. The summed E-state index contributed by atoms with van der Waals surface area (Å²) in [5.41, 5.74) is 2.51. The molecule has 1 fully saturated rings. The van der Waals surface area contributed by atoms with Crippen LogP contribution in [0.25, 0.3) is 6.08 Å². The molecule has 2 aromatic rings. The van der Waals surface area contributed by atoms with Crippen LogP contribution in [-0.4, -0.2) is 66.2 Å². The van der Waals surface area contributed by atoms with Gasteiger partial charge in [0.1, 0.15) is 0 Å². The van der Waals surface area contributed by atoms with Crippen molar-refractivity contribution in [2.75, 3.05) is 34.4 Å². The fourth-order valence-electron chi connectivity index (χ4n) is 3.53. The van der Waals surface area contributed by atoms with Gasteiger partial charge in [0, 0.05) is 31.7 Å². The van der Waals surface area contributed by atoms with E-state index in [9.17, 15) is 14.4 Å². The Balaban J connectivity index is 1.58. The Morgan fingerprint density at radius 2 is 1.74 bits per heavy atom. The smallest absolute Gasteiger partial charge is 0.293 e. The number of methoxy groups -OCH3 is 3. The number of aryl methyl sites for hydroxylation is 3. The molecule has 1 aromatic heterocycles. The Hall–Kier alpha value is -3.47. The van der Waals surface area contributed by atoms with Gasteiger partial charge >= 0.3 is 0 Å². The molecule has 0 aliphatic carbocycles. The van der Waals surface area contributed by atoms with Crippen molar-refractivity contribution in [1.82, 2.24) is 20.0 Å². The molecule has 11 heteroatoms. The van der Waals surface area contributed by atoms with Crippen LogP contribution in [0.2, 0.25) is 0 Å². The maximum Gasteiger partial charge on any atom is 0.293 e. The van der Waals surface area contributed by atoms with Crippen LogP contribution in [-0.2, 0) is 16.1 Å². The first kappa shape index (κ1) is 25.2. The summed E-state index contributed by atoms with van der Waals surface area (Å²) in [5.74, 6) is 0.725. The predicted octanol–water partition coefficient (Wildman–Crippen LogP) is 2.77. The molecule has 1 aliphatic rings. The second kappa shape index (κ2) is 11.1. The van der Waals surface area contributed by atoms with Gasteiger partial charge in [0.25, 0.3) is 11.1 Å². The molecule has 3 rings (SSSR count). The fourth-order valence-corrected chi connectivity index (χ4v) is 4.40. The van der Waals surface area contributed by atoms with Gasteiger partial charge in [-0.25, -0.2) is 0 Å². The summed E-state index contributed by atoms with van der Waals surface area (Å²) in [5, 5.41) is 6.69. The van der Waals surface area contributed by atoms with Gasteiger partial charge in [-0.15, -0.1) is 0 Å². The standard InChI is InChI=1S/C23H28N4O6S/c1-14-10-15(2)27(25-14)8-6-20(28)24-7-9-26-22(29)19(34-23(26)30)13-16-11-17(31-3)21(33-5)18(12-16)32-4/h10-13H,6-9H2,1-5H3,(H,24,28)/b19-13-. The highest BCUT2D eigenvalue weighted by Crippen LogP contribution is 2.40. The van der Waals surface area contributed by atoms with Crippen LogP contribution < -0.4 is 19.5 Å². The van der Waals surface area contributed by atoms with Crippen LogP contribution in [0.4, 0.5) is 4.79 Å². The van der Waals surface area contributed by atoms with Crippen molar-refractivity contribution in [3.8, 4) is 17.2 Å². The van der Waals surface area contributed by atoms with Gasteiger partial charge < -0.3 is 19.5 Å². The summed E-state index contributed by atoms with van der Waals surface area (Å²) in [6.45, 7) is 4.55. The Morgan fingerprint density at radius 1 is 1.06 bits per heavy atom. The van der Waals surface area contributed by atoms with Crippen molar-refractivity contribution >= 4 is 34.9 Å². The van der Waals surface area contributed by atoms with E-state index in [-0.39, 0.29) is 35.6 Å². The topological polar surface area (TPSA) is 112 Å². The summed E-state index contributed by atoms with van der Waals surface area (Å²) in [6, 6.07) is 5.33. The third kappa shape index (κ3) is 5.71. The van der Waals surface area contributed by atoms with E-state index in [1.165, 1.54) is 21.3 Å². The highest BCUT2D eigenvalue weighted by atomic mass is 32.2. The minimum Gasteiger partial charge on any atom is -0.493 e. The Kier molecular flexibility index (Phi) is 8.21. The number of nitrogens with one attached hydrogen (secondary N) is 1. The molecule has 0 spiro atoms. The molecule has 182 valence electrons. The number of nitrogens with zero attached hydrogens (tertiary/aromatic N) is 3. The van der Waals surface area contributed by atoms with Crippen LogP contribution >= 0.6 is 11.8 Å². The van der Waals surface area contributed by atoms with Gasteiger partial charge in [0.05, 0.1) is 31.9 Å². The largest absolute Gasteiger partial charge is 0.493 e. The maximum atomic E-state index is 12.8. The number of hydrogen-bond donors (Lipinski definition) is 1. The van der Waals surface area contributed by atoms with Crippen molar-refractivity contribution in [2.45, 2.75) is 26.8 Å². The van der Waals surface area contributed by atoms with E-state index in [1.54, 1.807) is 22.9 Å². The minimum atomic E-state index is -0.416. The van der Waals surface area contributed by atoms with E-state index in [2.05, 4.69) is 10.4 Å². The van der Waals surface area contributed by atoms with Crippen LogP contribution in [0, 0.1) is 13.8 Å². The van der Waals surface area contributed by atoms with Crippen LogP contribution in [0.15, 0.2) is 23.1 Å². The number of imide groups is 1. The molecule has 0 saturated carbocycles. The molecule has 3 amide bonds. The summed E-state index contributed by atoms with van der Waals surface area (Å²) in [6.07, 6.45) is 1.85. The zero-order valence-electron chi connectivity index (χ0n) is 19.8. The highest BCUT2D eigenvalue weighted by molar-refractivity contribution is 8.18. The number of carbonyl (C=O) groups excluding carboxylic acids is 3. The van der Waals surface area contributed by atoms with Crippen molar-refractivity contribution in [3.63, 3.8) is 0 Å². The fraction of sp³-hybridized carbons (Fsp3) is 0.391. The molecule has 0 radical (unpaired) electrons. The van der Waals surface area contributed by atoms with Crippen LogP contribution in [0.5, 0.6) is 17.2 Å². The Morgan fingerprint density at radius 3 is 2.29 bits per heavy atom. The summed E-state index contributed by atoms with van der Waals surface area (Å²) in [4.78, 5) is 38.7. The average Bonchev–Trinajstić information content (AvgIpc) is 3.28. The van der Waals surface area contributed by atoms with Gasteiger partial charge in [-0.2, -0.15) is 5.10 Å². The summed E-state index contributed by atoms with van der Waals surface area (Å²) in [7, 11) is 4.50. The lowest BCUT2D eigenvalue weighted by Crippen LogP contribution is -2.37. The first-order chi connectivity index (χ1) is 16.3. The van der Waals surface area contributed by atoms with Gasteiger partial charge in [0.2, 0.25) is 11.7 Å². The van der Waals surface area contributed by atoms with E-state index < -0.39 is 5.91 Å². The minimum absolute atomic E-state index is 0.0862.